The fourth-order valence-electron chi connectivity index (χ4n) is 1.67. The molecule has 1 aromatic heterocycles. The molecule has 0 aliphatic heterocycles. The van der Waals surface area contributed by atoms with Gasteiger partial charge in [-0.3, -0.25) is 0 Å². The molecule has 0 atom stereocenters. The first kappa shape index (κ1) is 13.4. The fourth-order valence-corrected chi connectivity index (χ4v) is 2.85. The summed E-state index contributed by atoms with van der Waals surface area (Å²) in [6.07, 6.45) is 2.93. The minimum absolute atomic E-state index is 0.0461. The first-order valence-electron chi connectivity index (χ1n) is 5.62. The number of hydrogen-bond donors (Lipinski definition) is 2. The Labute approximate surface area is 111 Å². The number of rotatable bonds is 4. The van der Waals surface area contributed by atoms with Crippen LogP contribution in [0.4, 0.5) is 5.95 Å². The molecule has 0 amide bonds. The summed E-state index contributed by atoms with van der Waals surface area (Å²) in [5.41, 5.74) is 7.03. The van der Waals surface area contributed by atoms with Gasteiger partial charge in [0.1, 0.15) is 0 Å². The highest BCUT2D eigenvalue weighted by Crippen LogP contribution is 2.18. The average molecular weight is 278 g/mol. The molecule has 0 bridgehead atoms. The molecule has 0 fully saturated rings. The highest BCUT2D eigenvalue weighted by atomic mass is 32.2. The molecule has 6 nitrogen and oxygen atoms in total. The summed E-state index contributed by atoms with van der Waals surface area (Å²) in [7, 11) is -3.68. The standard InChI is InChI=1S/C12H14N4O2S/c1-9-7-10(8-13)3-4-11(9)19(17,18)16-12-14-5-2-6-15-12/h2-7H,8,13H2,1H3,(H,14,15,16). The summed E-state index contributed by atoms with van der Waals surface area (Å²) >= 11 is 0. The largest absolute Gasteiger partial charge is 0.326 e. The number of anilines is 1. The van der Waals surface area contributed by atoms with Gasteiger partial charge in [-0.25, -0.2) is 23.1 Å². The molecule has 3 N–H and O–H groups in total. The lowest BCUT2D eigenvalue weighted by molar-refractivity contribution is 0.600. The molecule has 0 saturated carbocycles. The van der Waals surface area contributed by atoms with Gasteiger partial charge in [0.25, 0.3) is 10.0 Å². The topological polar surface area (TPSA) is 98.0 Å². The van der Waals surface area contributed by atoms with Crippen molar-refractivity contribution in [3.05, 3.63) is 47.8 Å². The van der Waals surface area contributed by atoms with E-state index in [0.29, 0.717) is 12.1 Å². The Hall–Kier alpha value is -1.99. The quantitative estimate of drug-likeness (QED) is 0.871. The van der Waals surface area contributed by atoms with Crippen molar-refractivity contribution in [2.45, 2.75) is 18.4 Å². The van der Waals surface area contributed by atoms with Gasteiger partial charge in [-0.15, -0.1) is 0 Å². The van der Waals surface area contributed by atoms with E-state index < -0.39 is 10.0 Å². The molecular weight excluding hydrogens is 264 g/mol. The van der Waals surface area contributed by atoms with E-state index in [0.717, 1.165) is 5.56 Å². The Morgan fingerprint density at radius 3 is 2.53 bits per heavy atom. The molecule has 7 heteroatoms. The Morgan fingerprint density at radius 1 is 1.26 bits per heavy atom. The second-order valence-corrected chi connectivity index (χ2v) is 5.63. The predicted octanol–water partition coefficient (Wildman–Crippen LogP) is 1.04. The molecule has 1 heterocycles. The minimum Gasteiger partial charge on any atom is -0.326 e. The molecule has 0 saturated heterocycles. The van der Waals surface area contributed by atoms with Crippen LogP contribution in [0, 0.1) is 6.92 Å². The molecular formula is C12H14N4O2S. The van der Waals surface area contributed by atoms with Gasteiger partial charge in [-0.1, -0.05) is 12.1 Å². The third-order valence-corrected chi connectivity index (χ3v) is 4.04. The lowest BCUT2D eigenvalue weighted by Gasteiger charge is -2.09. The Morgan fingerprint density at radius 2 is 1.95 bits per heavy atom. The molecule has 0 spiro atoms. The maximum absolute atomic E-state index is 12.2. The summed E-state index contributed by atoms with van der Waals surface area (Å²) in [6, 6.07) is 6.58. The van der Waals surface area contributed by atoms with Crippen LogP contribution in [0.3, 0.4) is 0 Å². The zero-order valence-corrected chi connectivity index (χ0v) is 11.2. The third-order valence-electron chi connectivity index (χ3n) is 2.56. The van der Waals surface area contributed by atoms with Crippen LogP contribution in [0.15, 0.2) is 41.6 Å². The number of sulfonamides is 1. The lowest BCUT2D eigenvalue weighted by atomic mass is 10.1. The van der Waals surface area contributed by atoms with Gasteiger partial charge in [0, 0.05) is 18.9 Å². The van der Waals surface area contributed by atoms with Crippen molar-refractivity contribution < 1.29 is 8.42 Å². The normalized spacial score (nSPS) is 11.3. The van der Waals surface area contributed by atoms with Gasteiger partial charge in [0.05, 0.1) is 4.90 Å². The molecule has 19 heavy (non-hydrogen) atoms. The molecule has 100 valence electrons. The minimum atomic E-state index is -3.68. The van der Waals surface area contributed by atoms with Gasteiger partial charge in [-0.2, -0.15) is 0 Å². The predicted molar refractivity (Wildman–Crippen MR) is 71.9 cm³/mol. The SMILES string of the molecule is Cc1cc(CN)ccc1S(=O)(=O)Nc1ncccn1. The summed E-state index contributed by atoms with van der Waals surface area (Å²) in [4.78, 5) is 7.85. The third kappa shape index (κ3) is 3.07. The number of nitrogens with one attached hydrogen (secondary N) is 1. The summed E-state index contributed by atoms with van der Waals surface area (Å²) in [5, 5.41) is 0. The number of nitrogens with zero attached hydrogens (tertiary/aromatic N) is 2. The van der Waals surface area contributed by atoms with E-state index in [2.05, 4.69) is 14.7 Å². The maximum Gasteiger partial charge on any atom is 0.264 e. The van der Waals surface area contributed by atoms with Crippen LogP contribution < -0.4 is 10.5 Å². The van der Waals surface area contributed by atoms with Crippen LogP contribution in [-0.2, 0) is 16.6 Å². The van der Waals surface area contributed by atoms with Gasteiger partial charge in [-0.05, 0) is 30.2 Å². The second kappa shape index (κ2) is 5.33. The van der Waals surface area contributed by atoms with Gasteiger partial charge in [0.2, 0.25) is 5.95 Å². The van der Waals surface area contributed by atoms with Crippen molar-refractivity contribution in [2.24, 2.45) is 5.73 Å². The van der Waals surface area contributed by atoms with Crippen LogP contribution in [0.1, 0.15) is 11.1 Å². The molecule has 0 aliphatic rings. The highest BCUT2D eigenvalue weighted by molar-refractivity contribution is 7.92. The first-order valence-corrected chi connectivity index (χ1v) is 7.10. The van der Waals surface area contributed by atoms with Crippen molar-refractivity contribution in [1.82, 2.24) is 9.97 Å². The van der Waals surface area contributed by atoms with Crippen LogP contribution in [0.5, 0.6) is 0 Å². The van der Waals surface area contributed by atoms with Crippen LogP contribution in [0.25, 0.3) is 0 Å². The molecule has 2 aromatic rings. The Balaban J connectivity index is 2.35. The zero-order valence-electron chi connectivity index (χ0n) is 10.4. The van der Waals surface area contributed by atoms with E-state index in [4.69, 9.17) is 5.73 Å². The van der Waals surface area contributed by atoms with Crippen molar-refractivity contribution in [2.75, 3.05) is 4.72 Å². The van der Waals surface area contributed by atoms with Crippen LogP contribution >= 0.6 is 0 Å². The van der Waals surface area contributed by atoms with Crippen molar-refractivity contribution in [1.29, 1.82) is 0 Å². The summed E-state index contributed by atoms with van der Waals surface area (Å²) < 4.78 is 26.7. The Kier molecular flexibility index (Phi) is 3.77. The van der Waals surface area contributed by atoms with E-state index in [-0.39, 0.29) is 10.8 Å². The Bertz CT molecular complexity index is 671. The van der Waals surface area contributed by atoms with E-state index >= 15 is 0 Å². The van der Waals surface area contributed by atoms with E-state index in [1.54, 1.807) is 25.1 Å². The highest BCUT2D eigenvalue weighted by Gasteiger charge is 2.17. The smallest absolute Gasteiger partial charge is 0.264 e. The number of aryl methyl sites for hydroxylation is 1. The zero-order chi connectivity index (χ0) is 13.9. The number of nitrogens with two attached hydrogens (primary N) is 1. The van der Waals surface area contributed by atoms with Crippen molar-refractivity contribution >= 4 is 16.0 Å². The average Bonchev–Trinajstić information content (AvgIpc) is 2.38. The van der Waals surface area contributed by atoms with Crippen molar-refractivity contribution in [3.8, 4) is 0 Å². The number of aromatic nitrogens is 2. The first-order chi connectivity index (χ1) is 9.03. The van der Waals surface area contributed by atoms with Gasteiger partial charge >= 0.3 is 0 Å². The number of hydrogen-bond acceptors (Lipinski definition) is 5. The number of benzene rings is 1. The summed E-state index contributed by atoms with van der Waals surface area (Å²) in [6.45, 7) is 2.09. The fraction of sp³-hybridized carbons (Fsp3) is 0.167. The summed E-state index contributed by atoms with van der Waals surface area (Å²) in [5.74, 6) is 0.0461. The van der Waals surface area contributed by atoms with Gasteiger partial charge < -0.3 is 5.73 Å². The molecule has 0 unspecified atom stereocenters. The monoisotopic (exact) mass is 278 g/mol. The molecule has 0 radical (unpaired) electrons. The van der Waals surface area contributed by atoms with E-state index in [1.807, 2.05) is 0 Å². The van der Waals surface area contributed by atoms with E-state index in [1.165, 1.54) is 18.5 Å². The molecule has 1 aromatic carbocycles. The van der Waals surface area contributed by atoms with Crippen LogP contribution in [0.2, 0.25) is 0 Å². The lowest BCUT2D eigenvalue weighted by Crippen LogP contribution is -2.16. The molecule has 2 rings (SSSR count). The molecule has 0 aliphatic carbocycles. The van der Waals surface area contributed by atoms with Crippen LogP contribution in [-0.4, -0.2) is 18.4 Å². The second-order valence-electron chi connectivity index (χ2n) is 3.98. The van der Waals surface area contributed by atoms with E-state index in [9.17, 15) is 8.42 Å². The van der Waals surface area contributed by atoms with Crippen molar-refractivity contribution in [3.63, 3.8) is 0 Å². The maximum atomic E-state index is 12.2. The van der Waals surface area contributed by atoms with Gasteiger partial charge in [0.15, 0.2) is 0 Å².